The summed E-state index contributed by atoms with van der Waals surface area (Å²) in [4.78, 5) is 17.0. The Morgan fingerprint density at radius 1 is 0.788 bits per heavy atom. The van der Waals surface area contributed by atoms with Crippen LogP contribution in [0.1, 0.15) is 10.4 Å². The van der Waals surface area contributed by atoms with Crippen LogP contribution in [0.2, 0.25) is 0 Å². The summed E-state index contributed by atoms with van der Waals surface area (Å²) in [6, 6.07) is 29.7. The molecule has 3 aromatic carbocycles. The van der Waals surface area contributed by atoms with Gasteiger partial charge in [0.05, 0.1) is 6.67 Å². The highest BCUT2D eigenvalue weighted by atomic mass is 32.1. The van der Waals surface area contributed by atoms with E-state index in [1.807, 2.05) is 93.0 Å². The predicted octanol–water partition coefficient (Wildman–Crippen LogP) is 4.49. The predicted molar refractivity (Wildman–Crippen MR) is 132 cm³/mol. The number of benzene rings is 3. The fourth-order valence-electron chi connectivity index (χ4n) is 4.13. The first-order valence-corrected chi connectivity index (χ1v) is 11.5. The molecule has 4 aromatic rings. The van der Waals surface area contributed by atoms with Gasteiger partial charge in [0, 0.05) is 43.0 Å². The third-order valence-electron chi connectivity index (χ3n) is 5.90. The zero-order valence-electron chi connectivity index (χ0n) is 18.2. The normalized spacial score (nSPS) is 14.4. The van der Waals surface area contributed by atoms with E-state index in [0.717, 1.165) is 35.7 Å². The molecule has 1 aliphatic rings. The van der Waals surface area contributed by atoms with Gasteiger partial charge in [-0.25, -0.2) is 4.68 Å². The Morgan fingerprint density at radius 3 is 2.00 bits per heavy atom. The lowest BCUT2D eigenvalue weighted by Crippen LogP contribution is -2.49. The van der Waals surface area contributed by atoms with E-state index >= 15 is 0 Å². The monoisotopic (exact) mass is 455 g/mol. The third-order valence-corrected chi connectivity index (χ3v) is 6.29. The van der Waals surface area contributed by atoms with Crippen molar-refractivity contribution in [3.63, 3.8) is 0 Å². The van der Waals surface area contributed by atoms with Crippen LogP contribution in [0.25, 0.3) is 17.1 Å². The van der Waals surface area contributed by atoms with E-state index in [9.17, 15) is 4.79 Å². The van der Waals surface area contributed by atoms with Crippen molar-refractivity contribution in [1.29, 1.82) is 0 Å². The molecule has 1 aliphatic heterocycles. The standard InChI is InChI=1S/C26H25N5OS/c32-25(22-12-6-2-7-13-22)29-18-16-28(17-19-29)20-30-26(33)31(23-14-8-3-9-15-23)24(27-30)21-10-4-1-5-11-21/h1-15H,16-20H2. The molecule has 2 heterocycles. The summed E-state index contributed by atoms with van der Waals surface area (Å²) in [5, 5.41) is 4.91. The Labute approximate surface area is 198 Å². The molecule has 5 rings (SSSR count). The van der Waals surface area contributed by atoms with Crippen molar-refractivity contribution in [3.8, 4) is 17.1 Å². The van der Waals surface area contributed by atoms with Crippen LogP contribution < -0.4 is 0 Å². The van der Waals surface area contributed by atoms with Gasteiger partial charge >= 0.3 is 0 Å². The average molecular weight is 456 g/mol. The molecule has 0 spiro atoms. The maximum Gasteiger partial charge on any atom is 0.253 e. The molecule has 0 N–H and O–H groups in total. The van der Waals surface area contributed by atoms with Crippen molar-refractivity contribution in [3.05, 3.63) is 101 Å². The van der Waals surface area contributed by atoms with Crippen LogP contribution in [-0.4, -0.2) is 56.2 Å². The topological polar surface area (TPSA) is 46.3 Å². The molecule has 0 aliphatic carbocycles. The Hall–Kier alpha value is -3.55. The lowest BCUT2D eigenvalue weighted by Gasteiger charge is -2.34. The summed E-state index contributed by atoms with van der Waals surface area (Å²) in [5.41, 5.74) is 2.75. The summed E-state index contributed by atoms with van der Waals surface area (Å²) in [6.07, 6.45) is 0. The van der Waals surface area contributed by atoms with E-state index < -0.39 is 0 Å². The van der Waals surface area contributed by atoms with Gasteiger partial charge in [-0.2, -0.15) is 0 Å². The smallest absolute Gasteiger partial charge is 0.253 e. The van der Waals surface area contributed by atoms with Crippen molar-refractivity contribution >= 4 is 18.1 Å². The van der Waals surface area contributed by atoms with Crippen molar-refractivity contribution in [1.82, 2.24) is 24.1 Å². The first-order chi connectivity index (χ1) is 16.2. The number of carbonyl (C=O) groups is 1. The van der Waals surface area contributed by atoms with Crippen molar-refractivity contribution in [2.75, 3.05) is 26.2 Å². The van der Waals surface area contributed by atoms with Crippen LogP contribution in [0.3, 0.4) is 0 Å². The number of carbonyl (C=O) groups excluding carboxylic acids is 1. The quantitative estimate of drug-likeness (QED) is 0.416. The van der Waals surface area contributed by atoms with Gasteiger partial charge in [-0.05, 0) is 36.5 Å². The molecule has 166 valence electrons. The minimum atomic E-state index is 0.0894. The number of hydrogen-bond donors (Lipinski definition) is 0. The Kier molecular flexibility index (Phi) is 6.15. The third kappa shape index (κ3) is 4.51. The van der Waals surface area contributed by atoms with E-state index in [0.29, 0.717) is 24.5 Å². The Balaban J connectivity index is 1.36. The minimum absolute atomic E-state index is 0.0894. The number of para-hydroxylation sites is 1. The second-order valence-electron chi connectivity index (χ2n) is 8.06. The molecule has 0 saturated carbocycles. The number of piperazine rings is 1. The number of rotatable bonds is 5. The Bertz CT molecular complexity index is 1280. The molecule has 6 nitrogen and oxygen atoms in total. The number of nitrogens with zero attached hydrogens (tertiary/aromatic N) is 5. The van der Waals surface area contributed by atoms with E-state index in [2.05, 4.69) is 17.0 Å². The zero-order valence-corrected chi connectivity index (χ0v) is 19.1. The largest absolute Gasteiger partial charge is 0.336 e. The molecule has 1 amide bonds. The van der Waals surface area contributed by atoms with Crippen molar-refractivity contribution in [2.45, 2.75) is 6.67 Å². The maximum absolute atomic E-state index is 12.8. The summed E-state index contributed by atoms with van der Waals surface area (Å²) >= 11 is 5.86. The van der Waals surface area contributed by atoms with Crippen molar-refractivity contribution in [2.24, 2.45) is 0 Å². The Morgan fingerprint density at radius 2 is 1.36 bits per heavy atom. The first-order valence-electron chi connectivity index (χ1n) is 11.1. The van der Waals surface area contributed by atoms with Gasteiger partial charge in [-0.15, -0.1) is 5.10 Å². The fourth-order valence-corrected chi connectivity index (χ4v) is 4.42. The van der Waals surface area contributed by atoms with Crippen molar-refractivity contribution < 1.29 is 4.79 Å². The molecule has 0 radical (unpaired) electrons. The molecule has 0 bridgehead atoms. The molecule has 0 atom stereocenters. The maximum atomic E-state index is 12.8. The van der Waals surface area contributed by atoms with Crippen LogP contribution in [0, 0.1) is 4.77 Å². The van der Waals surface area contributed by atoms with Gasteiger partial charge in [0.2, 0.25) is 4.77 Å². The van der Waals surface area contributed by atoms with Gasteiger partial charge in [0.25, 0.3) is 5.91 Å². The van der Waals surface area contributed by atoms with Crippen LogP contribution in [0.15, 0.2) is 91.0 Å². The number of amides is 1. The zero-order chi connectivity index (χ0) is 22.6. The van der Waals surface area contributed by atoms with Gasteiger partial charge in [0.15, 0.2) is 5.82 Å². The summed E-state index contributed by atoms with van der Waals surface area (Å²) in [6.45, 7) is 3.52. The highest BCUT2D eigenvalue weighted by Crippen LogP contribution is 2.23. The van der Waals surface area contributed by atoms with Gasteiger partial charge in [-0.3, -0.25) is 14.3 Å². The molecule has 1 saturated heterocycles. The van der Waals surface area contributed by atoms with E-state index in [1.54, 1.807) is 0 Å². The van der Waals surface area contributed by atoms with Gasteiger partial charge < -0.3 is 4.90 Å². The molecule has 1 aromatic heterocycles. The second-order valence-corrected chi connectivity index (χ2v) is 8.43. The van der Waals surface area contributed by atoms with Crippen LogP contribution in [0.5, 0.6) is 0 Å². The molecule has 1 fully saturated rings. The highest BCUT2D eigenvalue weighted by Gasteiger charge is 2.23. The SMILES string of the molecule is O=C(c1ccccc1)N1CCN(Cn2nc(-c3ccccc3)n(-c3ccccc3)c2=S)CC1. The molecular formula is C26H25N5OS. The molecular weight excluding hydrogens is 430 g/mol. The van der Waals surface area contributed by atoms with E-state index in [4.69, 9.17) is 17.3 Å². The van der Waals surface area contributed by atoms with E-state index in [1.165, 1.54) is 0 Å². The minimum Gasteiger partial charge on any atom is -0.336 e. The van der Waals surface area contributed by atoms with Crippen LogP contribution >= 0.6 is 12.2 Å². The number of aromatic nitrogens is 3. The summed E-state index contributed by atoms with van der Waals surface area (Å²) in [5.74, 6) is 0.913. The summed E-state index contributed by atoms with van der Waals surface area (Å²) in [7, 11) is 0. The average Bonchev–Trinajstić information content (AvgIpc) is 3.21. The van der Waals surface area contributed by atoms with Gasteiger partial charge in [0.1, 0.15) is 0 Å². The molecule has 33 heavy (non-hydrogen) atoms. The fraction of sp³-hybridized carbons (Fsp3) is 0.192. The lowest BCUT2D eigenvalue weighted by molar-refractivity contribution is 0.0585. The second kappa shape index (κ2) is 9.52. The highest BCUT2D eigenvalue weighted by molar-refractivity contribution is 7.71. The summed E-state index contributed by atoms with van der Waals surface area (Å²) < 4.78 is 4.57. The lowest BCUT2D eigenvalue weighted by atomic mass is 10.2. The number of hydrogen-bond acceptors (Lipinski definition) is 4. The molecule has 7 heteroatoms. The first kappa shape index (κ1) is 21.3. The van der Waals surface area contributed by atoms with Crippen LogP contribution in [0.4, 0.5) is 0 Å². The van der Waals surface area contributed by atoms with Gasteiger partial charge in [-0.1, -0.05) is 66.7 Å². The van der Waals surface area contributed by atoms with E-state index in [-0.39, 0.29) is 5.91 Å². The van der Waals surface area contributed by atoms with Crippen LogP contribution in [-0.2, 0) is 6.67 Å². The molecule has 0 unspecified atom stereocenters.